The van der Waals surface area contributed by atoms with Crippen LogP contribution in [0.25, 0.3) is 0 Å². The van der Waals surface area contributed by atoms with Crippen LogP contribution in [-0.2, 0) is 14.4 Å². The Morgan fingerprint density at radius 2 is 2.10 bits per heavy atom. The van der Waals surface area contributed by atoms with Gasteiger partial charge in [0.1, 0.15) is 6.07 Å². The fraction of sp³-hybridized carbons (Fsp3) is 0.524. The lowest BCUT2D eigenvalue weighted by molar-refractivity contribution is -0.309. The maximum atomic E-state index is 13.0. The van der Waals surface area contributed by atoms with E-state index in [4.69, 9.17) is 19.6 Å². The molecule has 30 heavy (non-hydrogen) atoms. The first kappa shape index (κ1) is 21.4. The number of nitrogens with zero attached hydrogens (tertiary/aromatic N) is 2. The minimum absolute atomic E-state index is 0.00851. The van der Waals surface area contributed by atoms with E-state index < -0.39 is 23.9 Å². The van der Waals surface area contributed by atoms with Gasteiger partial charge in [-0.1, -0.05) is 24.4 Å². The second-order valence-corrected chi connectivity index (χ2v) is 7.47. The van der Waals surface area contributed by atoms with Gasteiger partial charge in [-0.3, -0.25) is 4.79 Å². The average Bonchev–Trinajstić information content (AvgIpc) is 3.17. The molecular formula is C21H24N3O6-. The molecule has 160 valence electrons. The highest BCUT2D eigenvalue weighted by molar-refractivity contribution is 6.06. The number of ether oxygens (including phenoxy) is 2. The molecule has 0 saturated heterocycles. The Balaban J connectivity index is 1.77. The average molecular weight is 414 g/mol. The van der Waals surface area contributed by atoms with Crippen LogP contribution in [0, 0.1) is 11.3 Å². The van der Waals surface area contributed by atoms with E-state index in [9.17, 15) is 14.7 Å². The summed E-state index contributed by atoms with van der Waals surface area (Å²) in [6, 6.07) is 6.84. The quantitative estimate of drug-likeness (QED) is 0.672. The Hall–Kier alpha value is -3.28. The van der Waals surface area contributed by atoms with Crippen molar-refractivity contribution in [2.45, 2.75) is 56.6 Å². The summed E-state index contributed by atoms with van der Waals surface area (Å²) in [5, 5.41) is 27.0. The zero-order chi connectivity index (χ0) is 21.6. The van der Waals surface area contributed by atoms with E-state index in [2.05, 4.69) is 10.5 Å². The molecule has 0 aromatic heterocycles. The molecule has 1 amide bonds. The Morgan fingerprint density at radius 1 is 1.33 bits per heavy atom. The number of amides is 1. The van der Waals surface area contributed by atoms with E-state index in [-0.39, 0.29) is 19.1 Å². The minimum atomic E-state index is -1.64. The summed E-state index contributed by atoms with van der Waals surface area (Å²) in [6.45, 7) is -0.129. The predicted octanol–water partition coefficient (Wildman–Crippen LogP) is 1.05. The lowest BCUT2D eigenvalue weighted by Gasteiger charge is -2.30. The second-order valence-electron chi connectivity index (χ2n) is 7.47. The van der Waals surface area contributed by atoms with Gasteiger partial charge in [0.25, 0.3) is 5.91 Å². The first-order valence-corrected chi connectivity index (χ1v) is 9.91. The lowest BCUT2D eigenvalue weighted by Crippen LogP contribution is -2.53. The van der Waals surface area contributed by atoms with Crippen molar-refractivity contribution in [3.63, 3.8) is 0 Å². The highest BCUT2D eigenvalue weighted by Gasteiger charge is 2.47. The van der Waals surface area contributed by atoms with Gasteiger partial charge in [-0.25, -0.2) is 0 Å². The zero-order valence-corrected chi connectivity index (χ0v) is 16.8. The number of carboxylic acids is 1. The fourth-order valence-electron chi connectivity index (χ4n) is 3.80. The van der Waals surface area contributed by atoms with Crippen LogP contribution < -0.4 is 19.9 Å². The molecule has 1 saturated carbocycles. The van der Waals surface area contributed by atoms with E-state index in [0.29, 0.717) is 22.8 Å². The van der Waals surface area contributed by atoms with Crippen LogP contribution in [0.15, 0.2) is 23.4 Å². The molecule has 1 atom stereocenters. The largest absolute Gasteiger partial charge is 0.550 e. The lowest BCUT2D eigenvalue weighted by atomic mass is 9.88. The Labute approximate surface area is 174 Å². The predicted molar refractivity (Wildman–Crippen MR) is 104 cm³/mol. The number of nitriles is 1. The normalized spacial score (nSPS) is 21.1. The number of benzene rings is 1. The molecule has 9 heteroatoms. The molecule has 0 spiro atoms. The van der Waals surface area contributed by atoms with Gasteiger partial charge in [-0.2, -0.15) is 5.26 Å². The molecule has 1 N–H and O–H groups in total. The van der Waals surface area contributed by atoms with E-state index in [1.807, 2.05) is 6.07 Å². The van der Waals surface area contributed by atoms with Gasteiger partial charge < -0.3 is 29.5 Å². The van der Waals surface area contributed by atoms with E-state index in [1.54, 1.807) is 18.2 Å². The minimum Gasteiger partial charge on any atom is -0.550 e. The molecule has 1 aromatic carbocycles. The third kappa shape index (κ3) is 4.82. The van der Waals surface area contributed by atoms with Gasteiger partial charge in [0, 0.05) is 30.4 Å². The number of carbonyl (C=O) groups is 2. The molecule has 2 aliphatic rings. The number of aliphatic carboxylic acids is 1. The van der Waals surface area contributed by atoms with Crippen molar-refractivity contribution >= 4 is 17.6 Å². The summed E-state index contributed by atoms with van der Waals surface area (Å²) in [4.78, 5) is 29.8. The molecular weight excluding hydrogens is 390 g/mol. The molecule has 1 heterocycles. The second kappa shape index (κ2) is 9.48. The van der Waals surface area contributed by atoms with E-state index in [0.717, 1.165) is 32.1 Å². The number of nitrogens with one attached hydrogen (secondary N) is 1. The first-order chi connectivity index (χ1) is 14.5. The van der Waals surface area contributed by atoms with Crippen molar-refractivity contribution in [2.24, 2.45) is 5.16 Å². The molecule has 1 aliphatic heterocycles. The third-order valence-electron chi connectivity index (χ3n) is 5.36. The maximum absolute atomic E-state index is 13.0. The van der Waals surface area contributed by atoms with Crippen molar-refractivity contribution in [1.82, 2.24) is 5.32 Å². The number of carbonyl (C=O) groups excluding carboxylic acids is 2. The number of oxime groups is 1. The molecule has 9 nitrogen and oxygen atoms in total. The molecule has 1 fully saturated rings. The van der Waals surface area contributed by atoms with Crippen LogP contribution in [-0.4, -0.2) is 42.9 Å². The van der Waals surface area contributed by atoms with Gasteiger partial charge in [-0.15, -0.1) is 0 Å². The van der Waals surface area contributed by atoms with E-state index >= 15 is 0 Å². The van der Waals surface area contributed by atoms with Gasteiger partial charge in [0.05, 0.1) is 12.8 Å². The number of methoxy groups -OCH3 is 1. The summed E-state index contributed by atoms with van der Waals surface area (Å²) in [5.74, 6) is -1.10. The summed E-state index contributed by atoms with van der Waals surface area (Å²) in [6.07, 6.45) is 4.31. The SMILES string of the molecule is COc1cc(C2=NO[C@@](CC(=O)[O-])(C(=O)NC3CCCCC3)C2)ccc1OCC#N. The van der Waals surface area contributed by atoms with Crippen LogP contribution >= 0.6 is 0 Å². The highest BCUT2D eigenvalue weighted by atomic mass is 16.7. The van der Waals surface area contributed by atoms with Gasteiger partial charge in [-0.05, 0) is 31.0 Å². The Morgan fingerprint density at radius 3 is 2.77 bits per heavy atom. The molecule has 1 aromatic rings. The van der Waals surface area contributed by atoms with Gasteiger partial charge >= 0.3 is 0 Å². The number of hydrogen-bond donors (Lipinski definition) is 1. The van der Waals surface area contributed by atoms with Crippen molar-refractivity contribution in [2.75, 3.05) is 13.7 Å². The van der Waals surface area contributed by atoms with Crippen molar-refractivity contribution in [3.05, 3.63) is 23.8 Å². The monoisotopic (exact) mass is 414 g/mol. The number of hydrogen-bond acceptors (Lipinski definition) is 8. The van der Waals surface area contributed by atoms with Crippen LogP contribution in [0.5, 0.6) is 11.5 Å². The van der Waals surface area contributed by atoms with Crippen LogP contribution in [0.2, 0.25) is 0 Å². The third-order valence-corrected chi connectivity index (χ3v) is 5.36. The maximum Gasteiger partial charge on any atom is 0.268 e. The topological polar surface area (TPSA) is 133 Å². The standard InChI is InChI=1S/C21H25N3O6/c1-28-18-11-14(7-8-17(18)29-10-9-22)16-12-21(30-24-16,13-19(25)26)20(27)23-15-5-3-2-4-6-15/h7-8,11,15H,2-6,10,12-13H2,1H3,(H,23,27)(H,25,26)/p-1/t21-/m0/s1. The van der Waals surface area contributed by atoms with Crippen molar-refractivity contribution < 1.29 is 29.0 Å². The van der Waals surface area contributed by atoms with Gasteiger partial charge in [0.15, 0.2) is 18.1 Å². The van der Waals surface area contributed by atoms with Crippen molar-refractivity contribution in [3.8, 4) is 17.6 Å². The summed E-state index contributed by atoms with van der Waals surface area (Å²) < 4.78 is 10.6. The smallest absolute Gasteiger partial charge is 0.268 e. The zero-order valence-electron chi connectivity index (χ0n) is 16.8. The summed E-state index contributed by atoms with van der Waals surface area (Å²) in [7, 11) is 1.46. The molecule has 0 bridgehead atoms. The highest BCUT2D eigenvalue weighted by Crippen LogP contribution is 2.34. The summed E-state index contributed by atoms with van der Waals surface area (Å²) in [5.41, 5.74) is -0.628. The number of carboxylic acid groups (broad SMARTS) is 1. The van der Waals surface area contributed by atoms with Crippen LogP contribution in [0.1, 0.15) is 50.5 Å². The van der Waals surface area contributed by atoms with Crippen molar-refractivity contribution in [1.29, 1.82) is 5.26 Å². The van der Waals surface area contributed by atoms with Gasteiger partial charge in [0.2, 0.25) is 5.60 Å². The van der Waals surface area contributed by atoms with Crippen LogP contribution in [0.3, 0.4) is 0 Å². The Bertz CT molecular complexity index is 872. The molecule has 0 unspecified atom stereocenters. The first-order valence-electron chi connectivity index (χ1n) is 9.91. The molecule has 1 aliphatic carbocycles. The Kier molecular flexibility index (Phi) is 6.77. The summed E-state index contributed by atoms with van der Waals surface area (Å²) >= 11 is 0. The molecule has 0 radical (unpaired) electrons. The van der Waals surface area contributed by atoms with E-state index in [1.165, 1.54) is 7.11 Å². The van der Waals surface area contributed by atoms with Crippen LogP contribution in [0.4, 0.5) is 0 Å². The number of rotatable bonds is 8. The molecule has 3 rings (SSSR count). The fourth-order valence-corrected chi connectivity index (χ4v) is 3.80.